The van der Waals surface area contributed by atoms with Gasteiger partial charge in [-0.3, -0.25) is 0 Å². The third-order valence-corrected chi connectivity index (χ3v) is 6.25. The van der Waals surface area contributed by atoms with E-state index in [1.165, 1.54) is 26.9 Å². The zero-order valence-electron chi connectivity index (χ0n) is 13.5. The van der Waals surface area contributed by atoms with Gasteiger partial charge in [0.05, 0.1) is 11.8 Å². The summed E-state index contributed by atoms with van der Waals surface area (Å²) in [5.74, 6) is 1.52. The lowest BCUT2D eigenvalue weighted by atomic mass is 9.96. The van der Waals surface area contributed by atoms with Crippen LogP contribution in [0.15, 0.2) is 45.8 Å². The maximum atomic E-state index is 9.49. The molecule has 0 atom stereocenters. The molecule has 0 unspecified atom stereocenters. The van der Waals surface area contributed by atoms with Crippen molar-refractivity contribution in [3.63, 3.8) is 0 Å². The highest BCUT2D eigenvalue weighted by Gasteiger charge is 2.20. The van der Waals surface area contributed by atoms with Gasteiger partial charge in [0, 0.05) is 14.0 Å². The monoisotopic (exact) mass is 458 g/mol. The fourth-order valence-corrected chi connectivity index (χ4v) is 4.61. The first-order valence-electron chi connectivity index (χ1n) is 8.19. The molecule has 2 heterocycles. The number of thiophene rings is 1. The topological polar surface area (TPSA) is 49.3 Å². The Bertz CT molecular complexity index is 976. The van der Waals surface area contributed by atoms with Gasteiger partial charge in [-0.15, -0.1) is 11.3 Å². The first kappa shape index (κ1) is 16.6. The molecule has 124 valence electrons. The van der Waals surface area contributed by atoms with E-state index in [1.807, 2.05) is 24.3 Å². The molecule has 0 bridgehead atoms. The molecule has 2 aromatic heterocycles. The number of nitriles is 1. The minimum atomic E-state index is 0.698. The van der Waals surface area contributed by atoms with Crippen molar-refractivity contribution in [3.05, 3.63) is 61.7 Å². The number of hydrogen-bond donors (Lipinski definition) is 0. The van der Waals surface area contributed by atoms with Crippen LogP contribution >= 0.6 is 33.9 Å². The van der Waals surface area contributed by atoms with E-state index in [-0.39, 0.29) is 0 Å². The molecule has 1 aliphatic rings. The second-order valence-corrected chi connectivity index (χ2v) is 8.30. The number of halogens is 1. The van der Waals surface area contributed by atoms with E-state index in [1.54, 1.807) is 17.6 Å². The fraction of sp³-hybridized carbons (Fsp3) is 0.200. The zero-order valence-corrected chi connectivity index (χ0v) is 16.4. The van der Waals surface area contributed by atoms with E-state index in [0.29, 0.717) is 5.76 Å². The second kappa shape index (κ2) is 7.14. The largest absolute Gasteiger partial charge is 0.455 e. The molecule has 0 amide bonds. The lowest BCUT2D eigenvalue weighted by Gasteiger charge is -2.09. The molecule has 0 N–H and O–H groups in total. The van der Waals surface area contributed by atoms with Gasteiger partial charge in [0.1, 0.15) is 22.6 Å². The molecule has 3 aromatic rings. The van der Waals surface area contributed by atoms with E-state index in [2.05, 4.69) is 45.8 Å². The SMILES string of the molecule is N#Cc1c(N=Cc2ccc(-c3ccc(I)cc3)o2)sc2c1CCCC2. The highest BCUT2D eigenvalue weighted by atomic mass is 127. The summed E-state index contributed by atoms with van der Waals surface area (Å²) in [7, 11) is 0. The van der Waals surface area contributed by atoms with Gasteiger partial charge in [-0.1, -0.05) is 12.1 Å². The predicted octanol–water partition coefficient (Wildman–Crippen LogP) is 6.11. The third kappa shape index (κ3) is 3.42. The van der Waals surface area contributed by atoms with Gasteiger partial charge in [-0.25, -0.2) is 4.99 Å². The van der Waals surface area contributed by atoms with Crippen molar-refractivity contribution in [3.8, 4) is 17.4 Å². The van der Waals surface area contributed by atoms with Crippen molar-refractivity contribution in [1.82, 2.24) is 0 Å². The van der Waals surface area contributed by atoms with Crippen molar-refractivity contribution in [2.45, 2.75) is 25.7 Å². The van der Waals surface area contributed by atoms with Gasteiger partial charge in [0.15, 0.2) is 0 Å². The molecule has 1 aromatic carbocycles. The van der Waals surface area contributed by atoms with Crippen LogP contribution in [0.2, 0.25) is 0 Å². The Balaban J connectivity index is 1.60. The Labute approximate surface area is 164 Å². The Morgan fingerprint density at radius 2 is 1.92 bits per heavy atom. The summed E-state index contributed by atoms with van der Waals surface area (Å²) in [4.78, 5) is 5.88. The van der Waals surface area contributed by atoms with Crippen molar-refractivity contribution >= 4 is 45.1 Å². The zero-order chi connectivity index (χ0) is 17.2. The average molecular weight is 458 g/mol. The Kier molecular flexibility index (Phi) is 4.73. The standard InChI is InChI=1S/C20H15IN2OS/c21-14-7-5-13(6-8-14)18-10-9-15(24-18)12-23-20-17(11-22)16-3-1-2-4-19(16)25-20/h5-10,12H,1-4H2. The van der Waals surface area contributed by atoms with Crippen LogP contribution in [-0.4, -0.2) is 6.21 Å². The first-order chi connectivity index (χ1) is 12.2. The number of benzene rings is 1. The van der Waals surface area contributed by atoms with E-state index in [0.717, 1.165) is 34.7 Å². The molecular formula is C20H15IN2OS. The minimum Gasteiger partial charge on any atom is -0.455 e. The lowest BCUT2D eigenvalue weighted by molar-refractivity contribution is 0.575. The molecule has 0 saturated carbocycles. The lowest BCUT2D eigenvalue weighted by Crippen LogP contribution is -1.99. The molecule has 3 nitrogen and oxygen atoms in total. The highest BCUT2D eigenvalue weighted by molar-refractivity contribution is 14.1. The normalized spacial score (nSPS) is 13.8. The molecule has 0 radical (unpaired) electrons. The molecule has 0 spiro atoms. The molecular weight excluding hydrogens is 443 g/mol. The number of fused-ring (bicyclic) bond motifs is 1. The maximum Gasteiger partial charge on any atom is 0.145 e. The summed E-state index contributed by atoms with van der Waals surface area (Å²) >= 11 is 3.93. The van der Waals surface area contributed by atoms with E-state index in [4.69, 9.17) is 4.42 Å². The van der Waals surface area contributed by atoms with Crippen LogP contribution in [0.3, 0.4) is 0 Å². The molecule has 4 rings (SSSR count). The van der Waals surface area contributed by atoms with Crippen molar-refractivity contribution in [2.75, 3.05) is 0 Å². The average Bonchev–Trinajstić information content (AvgIpc) is 3.24. The van der Waals surface area contributed by atoms with Crippen LogP contribution < -0.4 is 0 Å². The Morgan fingerprint density at radius 1 is 1.12 bits per heavy atom. The Morgan fingerprint density at radius 3 is 2.72 bits per heavy atom. The molecule has 0 saturated heterocycles. The first-order valence-corrected chi connectivity index (χ1v) is 10.1. The number of furan rings is 1. The van der Waals surface area contributed by atoms with E-state index >= 15 is 0 Å². The summed E-state index contributed by atoms with van der Waals surface area (Å²) in [5, 5.41) is 10.3. The fourth-order valence-electron chi connectivity index (χ4n) is 3.07. The summed E-state index contributed by atoms with van der Waals surface area (Å²) in [6.07, 6.45) is 6.16. The number of nitrogens with zero attached hydrogens (tertiary/aromatic N) is 2. The summed E-state index contributed by atoms with van der Waals surface area (Å²) in [5.41, 5.74) is 3.01. The molecule has 5 heteroatoms. The number of aryl methyl sites for hydroxylation is 1. The van der Waals surface area contributed by atoms with Gasteiger partial charge in [0.2, 0.25) is 0 Å². The predicted molar refractivity (Wildman–Crippen MR) is 110 cm³/mol. The number of rotatable bonds is 3. The van der Waals surface area contributed by atoms with Gasteiger partial charge in [-0.05, 0) is 78.1 Å². The van der Waals surface area contributed by atoms with Gasteiger partial charge >= 0.3 is 0 Å². The maximum absolute atomic E-state index is 9.49. The Hall–Kier alpha value is -1.91. The summed E-state index contributed by atoms with van der Waals surface area (Å²) < 4.78 is 7.07. The quantitative estimate of drug-likeness (QED) is 0.351. The van der Waals surface area contributed by atoms with Crippen LogP contribution in [0.1, 0.15) is 34.6 Å². The second-order valence-electron chi connectivity index (χ2n) is 5.97. The van der Waals surface area contributed by atoms with Crippen LogP contribution in [0.25, 0.3) is 11.3 Å². The van der Waals surface area contributed by atoms with Crippen molar-refractivity contribution in [2.24, 2.45) is 4.99 Å². The third-order valence-electron chi connectivity index (χ3n) is 4.33. The summed E-state index contributed by atoms with van der Waals surface area (Å²) in [6, 6.07) is 14.4. The van der Waals surface area contributed by atoms with Crippen molar-refractivity contribution < 1.29 is 4.42 Å². The minimum absolute atomic E-state index is 0.698. The molecule has 0 aliphatic heterocycles. The number of hydrogen-bond acceptors (Lipinski definition) is 4. The van der Waals surface area contributed by atoms with E-state index < -0.39 is 0 Å². The van der Waals surface area contributed by atoms with Gasteiger partial charge in [0.25, 0.3) is 0 Å². The smallest absolute Gasteiger partial charge is 0.145 e. The highest BCUT2D eigenvalue weighted by Crippen LogP contribution is 2.39. The van der Waals surface area contributed by atoms with E-state index in [9.17, 15) is 5.26 Å². The van der Waals surface area contributed by atoms with Gasteiger partial charge < -0.3 is 4.42 Å². The van der Waals surface area contributed by atoms with Crippen LogP contribution in [-0.2, 0) is 12.8 Å². The number of aliphatic imine (C=N–C) groups is 1. The van der Waals surface area contributed by atoms with Crippen LogP contribution in [0, 0.1) is 14.9 Å². The van der Waals surface area contributed by atoms with Crippen LogP contribution in [0.5, 0.6) is 0 Å². The van der Waals surface area contributed by atoms with Gasteiger partial charge in [-0.2, -0.15) is 5.26 Å². The molecule has 0 fully saturated rings. The molecule has 1 aliphatic carbocycles. The van der Waals surface area contributed by atoms with Crippen molar-refractivity contribution in [1.29, 1.82) is 5.26 Å². The molecule has 25 heavy (non-hydrogen) atoms. The van der Waals surface area contributed by atoms with Crippen LogP contribution in [0.4, 0.5) is 5.00 Å². The summed E-state index contributed by atoms with van der Waals surface area (Å²) in [6.45, 7) is 0.